The SMILES string of the molecule is COc1ccc(CCNCCc2ccncc2)cc1. The van der Waals surface area contributed by atoms with Crippen molar-refractivity contribution in [2.45, 2.75) is 12.8 Å². The predicted molar refractivity (Wildman–Crippen MR) is 77.5 cm³/mol. The number of aromatic nitrogens is 1. The number of methoxy groups -OCH3 is 1. The second-order valence-electron chi connectivity index (χ2n) is 4.45. The maximum atomic E-state index is 5.14. The number of hydrogen-bond acceptors (Lipinski definition) is 3. The van der Waals surface area contributed by atoms with Crippen molar-refractivity contribution in [1.29, 1.82) is 0 Å². The molecular weight excluding hydrogens is 236 g/mol. The number of pyridine rings is 1. The van der Waals surface area contributed by atoms with Gasteiger partial charge in [0.15, 0.2) is 0 Å². The van der Waals surface area contributed by atoms with Gasteiger partial charge in [-0.15, -0.1) is 0 Å². The van der Waals surface area contributed by atoms with Gasteiger partial charge in [0.05, 0.1) is 7.11 Å². The highest BCUT2D eigenvalue weighted by molar-refractivity contribution is 5.27. The van der Waals surface area contributed by atoms with Gasteiger partial charge in [-0.2, -0.15) is 0 Å². The molecule has 0 saturated carbocycles. The minimum absolute atomic E-state index is 0.911. The normalized spacial score (nSPS) is 10.4. The molecule has 0 saturated heterocycles. The largest absolute Gasteiger partial charge is 0.497 e. The van der Waals surface area contributed by atoms with Crippen molar-refractivity contribution in [3.8, 4) is 5.75 Å². The number of rotatable bonds is 7. The smallest absolute Gasteiger partial charge is 0.118 e. The van der Waals surface area contributed by atoms with E-state index < -0.39 is 0 Å². The third kappa shape index (κ3) is 4.72. The first kappa shape index (κ1) is 13.6. The summed E-state index contributed by atoms with van der Waals surface area (Å²) < 4.78 is 5.14. The number of nitrogens with one attached hydrogen (secondary N) is 1. The van der Waals surface area contributed by atoms with Gasteiger partial charge in [0, 0.05) is 12.4 Å². The van der Waals surface area contributed by atoms with E-state index in [4.69, 9.17) is 4.74 Å². The molecule has 2 aromatic rings. The van der Waals surface area contributed by atoms with Crippen molar-refractivity contribution < 1.29 is 4.74 Å². The first-order chi connectivity index (χ1) is 9.38. The first-order valence-electron chi connectivity index (χ1n) is 6.61. The molecular formula is C16H20N2O. The Morgan fingerprint density at radius 2 is 1.47 bits per heavy atom. The van der Waals surface area contributed by atoms with E-state index in [-0.39, 0.29) is 0 Å². The van der Waals surface area contributed by atoms with E-state index in [0.717, 1.165) is 31.7 Å². The van der Waals surface area contributed by atoms with Gasteiger partial charge in [-0.25, -0.2) is 0 Å². The summed E-state index contributed by atoms with van der Waals surface area (Å²) in [7, 11) is 1.69. The fourth-order valence-corrected chi connectivity index (χ4v) is 1.93. The molecule has 3 nitrogen and oxygen atoms in total. The highest BCUT2D eigenvalue weighted by Gasteiger charge is 1.95. The summed E-state index contributed by atoms with van der Waals surface area (Å²) in [6.45, 7) is 2.00. The quantitative estimate of drug-likeness (QED) is 0.773. The van der Waals surface area contributed by atoms with Crippen molar-refractivity contribution >= 4 is 0 Å². The lowest BCUT2D eigenvalue weighted by Crippen LogP contribution is -2.20. The summed E-state index contributed by atoms with van der Waals surface area (Å²) in [5.74, 6) is 0.911. The summed E-state index contributed by atoms with van der Waals surface area (Å²) >= 11 is 0. The number of ether oxygens (including phenoxy) is 1. The molecule has 1 aromatic carbocycles. The van der Waals surface area contributed by atoms with E-state index in [2.05, 4.69) is 34.6 Å². The molecule has 0 aliphatic carbocycles. The molecule has 0 aliphatic heterocycles. The lowest BCUT2D eigenvalue weighted by Gasteiger charge is -2.06. The minimum Gasteiger partial charge on any atom is -0.497 e. The molecule has 1 aromatic heterocycles. The lowest BCUT2D eigenvalue weighted by molar-refractivity contribution is 0.414. The highest BCUT2D eigenvalue weighted by Crippen LogP contribution is 2.11. The summed E-state index contributed by atoms with van der Waals surface area (Å²) in [6, 6.07) is 12.4. The van der Waals surface area contributed by atoms with Gasteiger partial charge in [0.1, 0.15) is 5.75 Å². The molecule has 0 aliphatic rings. The van der Waals surface area contributed by atoms with Crippen molar-refractivity contribution in [1.82, 2.24) is 10.3 Å². The molecule has 0 radical (unpaired) electrons. The summed E-state index contributed by atoms with van der Waals surface area (Å²) in [6.07, 6.45) is 5.77. The van der Waals surface area contributed by atoms with Crippen molar-refractivity contribution in [2.24, 2.45) is 0 Å². The van der Waals surface area contributed by atoms with Crippen molar-refractivity contribution in [3.05, 3.63) is 59.9 Å². The molecule has 0 atom stereocenters. The average Bonchev–Trinajstić information content (AvgIpc) is 2.49. The fourth-order valence-electron chi connectivity index (χ4n) is 1.93. The molecule has 100 valence electrons. The Labute approximate surface area is 114 Å². The van der Waals surface area contributed by atoms with Crippen LogP contribution in [0.3, 0.4) is 0 Å². The topological polar surface area (TPSA) is 34.1 Å². The van der Waals surface area contributed by atoms with Gasteiger partial charge in [0.2, 0.25) is 0 Å². The summed E-state index contributed by atoms with van der Waals surface area (Å²) in [5, 5.41) is 3.46. The van der Waals surface area contributed by atoms with E-state index in [1.807, 2.05) is 24.5 Å². The maximum absolute atomic E-state index is 5.14. The van der Waals surface area contributed by atoms with Crippen LogP contribution in [-0.4, -0.2) is 25.2 Å². The molecule has 0 spiro atoms. The van der Waals surface area contributed by atoms with E-state index >= 15 is 0 Å². The first-order valence-corrected chi connectivity index (χ1v) is 6.61. The standard InChI is InChI=1S/C16H20N2O/c1-19-16-4-2-14(3-5-16)6-10-17-11-7-15-8-12-18-13-9-15/h2-5,8-9,12-13,17H,6-7,10-11H2,1H3. The van der Waals surface area contributed by atoms with E-state index in [1.165, 1.54) is 11.1 Å². The van der Waals surface area contributed by atoms with Gasteiger partial charge >= 0.3 is 0 Å². The van der Waals surface area contributed by atoms with Crippen LogP contribution in [0.2, 0.25) is 0 Å². The van der Waals surface area contributed by atoms with Crippen LogP contribution in [0.5, 0.6) is 5.75 Å². The Hall–Kier alpha value is -1.87. The second-order valence-corrected chi connectivity index (χ2v) is 4.45. The zero-order valence-corrected chi connectivity index (χ0v) is 11.3. The number of benzene rings is 1. The maximum Gasteiger partial charge on any atom is 0.118 e. The molecule has 2 rings (SSSR count). The molecule has 1 N–H and O–H groups in total. The molecule has 0 unspecified atom stereocenters. The molecule has 19 heavy (non-hydrogen) atoms. The zero-order valence-electron chi connectivity index (χ0n) is 11.3. The van der Waals surface area contributed by atoms with Gasteiger partial charge in [-0.3, -0.25) is 4.98 Å². The zero-order chi connectivity index (χ0) is 13.3. The minimum atomic E-state index is 0.911. The summed E-state index contributed by atoms with van der Waals surface area (Å²) in [5.41, 5.74) is 2.66. The Bertz CT molecular complexity index is 468. The Morgan fingerprint density at radius 1 is 0.895 bits per heavy atom. The monoisotopic (exact) mass is 256 g/mol. The van der Waals surface area contributed by atoms with Gasteiger partial charge in [-0.1, -0.05) is 12.1 Å². The number of hydrogen-bond donors (Lipinski definition) is 1. The Balaban J connectivity index is 1.63. The van der Waals surface area contributed by atoms with Crippen LogP contribution in [0.4, 0.5) is 0 Å². The van der Waals surface area contributed by atoms with Crippen LogP contribution in [-0.2, 0) is 12.8 Å². The molecule has 0 bridgehead atoms. The Kier molecular flexibility index (Phi) is 5.38. The molecule has 1 heterocycles. The highest BCUT2D eigenvalue weighted by atomic mass is 16.5. The van der Waals surface area contributed by atoms with Crippen LogP contribution in [0, 0.1) is 0 Å². The van der Waals surface area contributed by atoms with E-state index in [1.54, 1.807) is 7.11 Å². The Morgan fingerprint density at radius 3 is 2.05 bits per heavy atom. The summed E-state index contributed by atoms with van der Waals surface area (Å²) in [4.78, 5) is 4.01. The van der Waals surface area contributed by atoms with Gasteiger partial charge in [0.25, 0.3) is 0 Å². The third-order valence-electron chi connectivity index (χ3n) is 3.09. The number of nitrogens with zero attached hydrogens (tertiary/aromatic N) is 1. The lowest BCUT2D eigenvalue weighted by atomic mass is 10.1. The predicted octanol–water partition coefficient (Wildman–Crippen LogP) is 2.47. The van der Waals surface area contributed by atoms with Crippen LogP contribution >= 0.6 is 0 Å². The van der Waals surface area contributed by atoms with Crippen LogP contribution < -0.4 is 10.1 Å². The second kappa shape index (κ2) is 7.54. The fraction of sp³-hybridized carbons (Fsp3) is 0.312. The van der Waals surface area contributed by atoms with E-state index in [9.17, 15) is 0 Å². The third-order valence-corrected chi connectivity index (χ3v) is 3.09. The molecule has 0 amide bonds. The van der Waals surface area contributed by atoms with E-state index in [0.29, 0.717) is 0 Å². The average molecular weight is 256 g/mol. The van der Waals surface area contributed by atoms with Crippen LogP contribution in [0.1, 0.15) is 11.1 Å². The van der Waals surface area contributed by atoms with Crippen LogP contribution in [0.25, 0.3) is 0 Å². The van der Waals surface area contributed by atoms with Crippen LogP contribution in [0.15, 0.2) is 48.8 Å². The molecule has 0 fully saturated rings. The van der Waals surface area contributed by atoms with Crippen molar-refractivity contribution in [3.63, 3.8) is 0 Å². The van der Waals surface area contributed by atoms with Gasteiger partial charge in [-0.05, 0) is 61.3 Å². The molecule has 3 heteroatoms. The van der Waals surface area contributed by atoms with Gasteiger partial charge < -0.3 is 10.1 Å². The van der Waals surface area contributed by atoms with Crippen molar-refractivity contribution in [2.75, 3.05) is 20.2 Å².